The Labute approximate surface area is 122 Å². The van der Waals surface area contributed by atoms with E-state index < -0.39 is 5.91 Å². The zero-order valence-electron chi connectivity index (χ0n) is 11.5. The van der Waals surface area contributed by atoms with Crippen LogP contribution in [0.25, 0.3) is 10.9 Å². The summed E-state index contributed by atoms with van der Waals surface area (Å²) in [7, 11) is 0. The van der Waals surface area contributed by atoms with E-state index in [1.165, 1.54) is 0 Å². The molecule has 3 aromatic rings. The highest BCUT2D eigenvalue weighted by atomic mass is 16.3. The van der Waals surface area contributed by atoms with Crippen molar-refractivity contribution in [2.24, 2.45) is 5.73 Å². The van der Waals surface area contributed by atoms with Gasteiger partial charge in [-0.2, -0.15) is 0 Å². The summed E-state index contributed by atoms with van der Waals surface area (Å²) in [6, 6.07) is 15.4. The molecule has 0 aliphatic heterocycles. The third-order valence-electron chi connectivity index (χ3n) is 3.52. The van der Waals surface area contributed by atoms with Gasteiger partial charge >= 0.3 is 0 Å². The van der Waals surface area contributed by atoms with Crippen LogP contribution in [0.15, 0.2) is 54.7 Å². The van der Waals surface area contributed by atoms with E-state index in [4.69, 9.17) is 5.73 Å². The molecule has 21 heavy (non-hydrogen) atoms. The molecule has 0 aliphatic carbocycles. The molecule has 4 nitrogen and oxygen atoms in total. The Morgan fingerprint density at radius 1 is 1.10 bits per heavy atom. The minimum Gasteiger partial charge on any atom is -0.507 e. The van der Waals surface area contributed by atoms with E-state index in [9.17, 15) is 9.90 Å². The second-order valence-electron chi connectivity index (χ2n) is 5.08. The number of nitrogens with zero attached hydrogens (tertiary/aromatic N) is 1. The summed E-state index contributed by atoms with van der Waals surface area (Å²) in [6.45, 7) is 0.680. The fourth-order valence-corrected chi connectivity index (χ4v) is 2.65. The van der Waals surface area contributed by atoms with Gasteiger partial charge in [0.2, 0.25) is 5.91 Å². The van der Waals surface area contributed by atoms with E-state index in [0.717, 1.165) is 16.6 Å². The van der Waals surface area contributed by atoms with Crippen molar-refractivity contribution in [1.29, 1.82) is 0 Å². The van der Waals surface area contributed by atoms with Crippen LogP contribution in [0.5, 0.6) is 5.75 Å². The van der Waals surface area contributed by atoms with E-state index in [0.29, 0.717) is 11.9 Å². The molecule has 0 fully saturated rings. The molecule has 0 spiro atoms. The van der Waals surface area contributed by atoms with E-state index in [1.807, 2.05) is 47.2 Å². The average molecular weight is 280 g/mol. The van der Waals surface area contributed by atoms with E-state index >= 15 is 0 Å². The summed E-state index contributed by atoms with van der Waals surface area (Å²) in [5, 5.41) is 10.8. The highest BCUT2D eigenvalue weighted by Gasteiger charge is 2.13. The molecule has 0 radical (unpaired) electrons. The molecular formula is C17H16N2O2. The number of hydrogen-bond acceptors (Lipinski definition) is 2. The van der Waals surface area contributed by atoms with Crippen molar-refractivity contribution in [2.45, 2.75) is 13.0 Å². The van der Waals surface area contributed by atoms with Crippen molar-refractivity contribution < 1.29 is 9.90 Å². The first kappa shape index (κ1) is 13.2. The van der Waals surface area contributed by atoms with Gasteiger partial charge in [0.05, 0.1) is 11.9 Å². The molecule has 1 amide bonds. The summed E-state index contributed by atoms with van der Waals surface area (Å²) in [4.78, 5) is 11.2. The van der Waals surface area contributed by atoms with Crippen LogP contribution in [0.2, 0.25) is 0 Å². The Kier molecular flexibility index (Phi) is 3.36. The standard InChI is InChI=1S/C17H16N2O2/c18-16(21)9-13-11-19(10-12-5-2-1-3-6-12)14-7-4-8-15(20)17(13)14/h1-8,11,20H,9-10H2,(H2,18,21). The number of phenols is 1. The minimum absolute atomic E-state index is 0.121. The lowest BCUT2D eigenvalue weighted by molar-refractivity contribution is -0.117. The lowest BCUT2D eigenvalue weighted by Gasteiger charge is -2.05. The molecule has 1 heterocycles. The first-order chi connectivity index (χ1) is 10.1. The monoisotopic (exact) mass is 280 g/mol. The van der Waals surface area contributed by atoms with Crippen LogP contribution in [0.1, 0.15) is 11.1 Å². The highest BCUT2D eigenvalue weighted by Crippen LogP contribution is 2.30. The number of primary amides is 1. The van der Waals surface area contributed by atoms with Gasteiger partial charge in [0.1, 0.15) is 5.75 Å². The van der Waals surface area contributed by atoms with Crippen LogP contribution in [0.4, 0.5) is 0 Å². The molecule has 0 saturated heterocycles. The van der Waals surface area contributed by atoms with Gasteiger partial charge in [0, 0.05) is 18.1 Å². The van der Waals surface area contributed by atoms with Crippen LogP contribution in [0, 0.1) is 0 Å². The van der Waals surface area contributed by atoms with Crippen LogP contribution in [-0.4, -0.2) is 15.6 Å². The summed E-state index contributed by atoms with van der Waals surface area (Å²) in [5.41, 5.74) is 8.11. The van der Waals surface area contributed by atoms with E-state index in [-0.39, 0.29) is 12.2 Å². The smallest absolute Gasteiger partial charge is 0.221 e. The van der Waals surface area contributed by atoms with Gasteiger partial charge in [0.15, 0.2) is 0 Å². The lowest BCUT2D eigenvalue weighted by Crippen LogP contribution is -2.13. The fraction of sp³-hybridized carbons (Fsp3) is 0.118. The van der Waals surface area contributed by atoms with Gasteiger partial charge in [-0.3, -0.25) is 4.79 Å². The van der Waals surface area contributed by atoms with Gasteiger partial charge in [-0.1, -0.05) is 36.4 Å². The van der Waals surface area contributed by atoms with Crippen molar-refractivity contribution in [3.8, 4) is 5.75 Å². The summed E-state index contributed by atoms with van der Waals surface area (Å²) < 4.78 is 2.03. The third-order valence-corrected chi connectivity index (χ3v) is 3.52. The Morgan fingerprint density at radius 3 is 2.57 bits per heavy atom. The third kappa shape index (κ3) is 2.60. The van der Waals surface area contributed by atoms with Crippen molar-refractivity contribution >= 4 is 16.8 Å². The fourth-order valence-electron chi connectivity index (χ4n) is 2.65. The number of aromatic hydroxyl groups is 1. The van der Waals surface area contributed by atoms with Crippen molar-refractivity contribution in [3.63, 3.8) is 0 Å². The molecule has 1 aromatic heterocycles. The molecule has 106 valence electrons. The zero-order valence-corrected chi connectivity index (χ0v) is 11.5. The lowest BCUT2D eigenvalue weighted by atomic mass is 10.1. The Hall–Kier alpha value is -2.75. The molecule has 2 aromatic carbocycles. The maximum Gasteiger partial charge on any atom is 0.221 e. The van der Waals surface area contributed by atoms with Crippen LogP contribution < -0.4 is 5.73 Å². The summed E-state index contributed by atoms with van der Waals surface area (Å²) >= 11 is 0. The van der Waals surface area contributed by atoms with Crippen molar-refractivity contribution in [2.75, 3.05) is 0 Å². The van der Waals surface area contributed by atoms with Crippen LogP contribution in [-0.2, 0) is 17.8 Å². The summed E-state index contributed by atoms with van der Waals surface area (Å²) in [5.74, 6) is -0.229. The minimum atomic E-state index is -0.406. The molecule has 0 unspecified atom stereocenters. The van der Waals surface area contributed by atoms with E-state index in [1.54, 1.807) is 12.1 Å². The number of amides is 1. The molecule has 4 heteroatoms. The number of benzene rings is 2. The number of aromatic nitrogens is 1. The molecule has 0 bridgehead atoms. The van der Waals surface area contributed by atoms with Crippen LogP contribution >= 0.6 is 0 Å². The Bertz CT molecular complexity index is 791. The van der Waals surface area contributed by atoms with Gasteiger partial charge in [0.25, 0.3) is 0 Å². The molecule has 3 rings (SSSR count). The van der Waals surface area contributed by atoms with E-state index in [2.05, 4.69) is 0 Å². The highest BCUT2D eigenvalue weighted by molar-refractivity contribution is 5.93. The zero-order chi connectivity index (χ0) is 14.8. The predicted molar refractivity (Wildman–Crippen MR) is 82.0 cm³/mol. The van der Waals surface area contributed by atoms with Gasteiger partial charge in [-0.25, -0.2) is 0 Å². The normalized spacial score (nSPS) is 10.9. The Balaban J connectivity index is 2.10. The number of phenolic OH excluding ortho intramolecular Hbond substituents is 1. The number of carbonyl (C=O) groups is 1. The first-order valence-corrected chi connectivity index (χ1v) is 6.77. The number of hydrogen-bond donors (Lipinski definition) is 2. The molecular weight excluding hydrogens is 264 g/mol. The quantitative estimate of drug-likeness (QED) is 0.770. The van der Waals surface area contributed by atoms with Crippen LogP contribution in [0.3, 0.4) is 0 Å². The molecule has 3 N–H and O–H groups in total. The maximum atomic E-state index is 11.2. The van der Waals surface area contributed by atoms with Crippen molar-refractivity contribution in [3.05, 3.63) is 65.9 Å². The first-order valence-electron chi connectivity index (χ1n) is 6.77. The summed E-state index contributed by atoms with van der Waals surface area (Å²) in [6.07, 6.45) is 2.01. The number of fused-ring (bicyclic) bond motifs is 1. The SMILES string of the molecule is NC(=O)Cc1cn(Cc2ccccc2)c2cccc(O)c12. The molecule has 0 atom stereocenters. The number of rotatable bonds is 4. The molecule has 0 aliphatic rings. The maximum absolute atomic E-state index is 11.2. The topological polar surface area (TPSA) is 68.2 Å². The Morgan fingerprint density at radius 2 is 1.86 bits per heavy atom. The predicted octanol–water partition coefficient (Wildman–Crippen LogP) is 2.42. The van der Waals surface area contributed by atoms with Gasteiger partial charge in [-0.15, -0.1) is 0 Å². The second-order valence-corrected chi connectivity index (χ2v) is 5.08. The van der Waals surface area contributed by atoms with Gasteiger partial charge < -0.3 is 15.4 Å². The second kappa shape index (κ2) is 5.32. The van der Waals surface area contributed by atoms with Crippen molar-refractivity contribution in [1.82, 2.24) is 4.57 Å². The number of nitrogens with two attached hydrogens (primary N) is 1. The van der Waals surface area contributed by atoms with Gasteiger partial charge in [-0.05, 0) is 23.3 Å². The number of carbonyl (C=O) groups excluding carboxylic acids is 1. The largest absolute Gasteiger partial charge is 0.507 e. The molecule has 0 saturated carbocycles. The average Bonchev–Trinajstić information content (AvgIpc) is 2.78.